The highest BCUT2D eigenvalue weighted by molar-refractivity contribution is 9.10. The first-order valence-electron chi connectivity index (χ1n) is 5.70. The van der Waals surface area contributed by atoms with Crippen LogP contribution >= 0.6 is 27.3 Å². The van der Waals surface area contributed by atoms with Crippen LogP contribution in [0.4, 0.5) is 0 Å². The first-order chi connectivity index (χ1) is 7.74. The summed E-state index contributed by atoms with van der Waals surface area (Å²) in [5.74, 6) is 0.806. The van der Waals surface area contributed by atoms with Gasteiger partial charge in [-0.15, -0.1) is 0 Å². The van der Waals surface area contributed by atoms with Crippen molar-refractivity contribution in [2.24, 2.45) is 17.6 Å². The number of carbonyl (C=O) groups is 1. The second kappa shape index (κ2) is 5.43. The van der Waals surface area contributed by atoms with E-state index in [0.29, 0.717) is 12.5 Å². The molecule has 1 aliphatic carbocycles. The number of halogens is 1. The summed E-state index contributed by atoms with van der Waals surface area (Å²) in [6, 6.07) is 0. The molecule has 0 saturated heterocycles. The summed E-state index contributed by atoms with van der Waals surface area (Å²) in [5, 5.41) is 3.90. The molecule has 2 unspecified atom stereocenters. The molecule has 88 valence electrons. The fraction of sp³-hybridized carbons (Fsp3) is 0.583. The number of hydrogen-bond acceptors (Lipinski definition) is 3. The van der Waals surface area contributed by atoms with Gasteiger partial charge in [-0.1, -0.05) is 12.8 Å². The second-order valence-electron chi connectivity index (χ2n) is 4.38. The van der Waals surface area contributed by atoms with E-state index in [-0.39, 0.29) is 11.7 Å². The summed E-state index contributed by atoms with van der Waals surface area (Å²) in [7, 11) is 0. The predicted molar refractivity (Wildman–Crippen MR) is 70.9 cm³/mol. The average Bonchev–Trinajstić information content (AvgIpc) is 2.74. The van der Waals surface area contributed by atoms with Crippen LogP contribution in [0.15, 0.2) is 15.2 Å². The number of carbonyl (C=O) groups excluding carboxylic acids is 1. The molecule has 2 atom stereocenters. The molecule has 1 aliphatic rings. The number of Topliss-reactive ketones (excluding diaryl/α,β-unsaturated/α-hetero) is 1. The molecule has 0 amide bonds. The van der Waals surface area contributed by atoms with Gasteiger partial charge in [0.2, 0.25) is 0 Å². The molecule has 1 aromatic rings. The Bertz CT molecular complexity index is 377. The highest BCUT2D eigenvalue weighted by Gasteiger charge is 2.31. The third kappa shape index (κ3) is 2.39. The lowest BCUT2D eigenvalue weighted by molar-refractivity contribution is 0.0829. The SMILES string of the molecule is NCC1CCCCC1C(=O)c1cscc1Br. The van der Waals surface area contributed by atoms with E-state index in [1.807, 2.05) is 10.8 Å². The summed E-state index contributed by atoms with van der Waals surface area (Å²) in [5.41, 5.74) is 6.60. The zero-order valence-electron chi connectivity index (χ0n) is 9.12. The van der Waals surface area contributed by atoms with Gasteiger partial charge in [-0.25, -0.2) is 0 Å². The second-order valence-corrected chi connectivity index (χ2v) is 5.98. The van der Waals surface area contributed by atoms with Crippen LogP contribution in [-0.4, -0.2) is 12.3 Å². The normalized spacial score (nSPS) is 25.6. The summed E-state index contributed by atoms with van der Waals surface area (Å²) < 4.78 is 0.934. The Labute approximate surface area is 108 Å². The standard InChI is InChI=1S/C12H16BrNOS/c13-11-7-16-6-10(11)12(15)9-4-2-1-3-8(9)5-14/h6-9H,1-5,14H2. The Morgan fingerprint density at radius 3 is 2.81 bits per heavy atom. The van der Waals surface area contributed by atoms with Gasteiger partial charge >= 0.3 is 0 Å². The molecule has 2 rings (SSSR count). The largest absolute Gasteiger partial charge is 0.330 e. The predicted octanol–water partition coefficient (Wildman–Crippen LogP) is 3.46. The molecule has 0 spiro atoms. The van der Waals surface area contributed by atoms with E-state index in [2.05, 4.69) is 15.9 Å². The van der Waals surface area contributed by atoms with E-state index in [9.17, 15) is 4.79 Å². The first kappa shape index (κ1) is 12.3. The van der Waals surface area contributed by atoms with Crippen LogP contribution < -0.4 is 5.73 Å². The minimum atomic E-state index is 0.143. The van der Waals surface area contributed by atoms with E-state index in [0.717, 1.165) is 29.3 Å². The van der Waals surface area contributed by atoms with Crippen molar-refractivity contribution in [3.05, 3.63) is 20.8 Å². The van der Waals surface area contributed by atoms with Crippen molar-refractivity contribution in [1.82, 2.24) is 0 Å². The van der Waals surface area contributed by atoms with Crippen LogP contribution in [0.25, 0.3) is 0 Å². The fourth-order valence-corrected chi connectivity index (χ4v) is 3.97. The maximum Gasteiger partial charge on any atom is 0.168 e. The molecule has 1 fully saturated rings. The van der Waals surface area contributed by atoms with Gasteiger partial charge in [0.1, 0.15) is 0 Å². The maximum absolute atomic E-state index is 12.4. The van der Waals surface area contributed by atoms with E-state index < -0.39 is 0 Å². The average molecular weight is 302 g/mol. The molecule has 2 N–H and O–H groups in total. The molecule has 2 nitrogen and oxygen atoms in total. The topological polar surface area (TPSA) is 43.1 Å². The van der Waals surface area contributed by atoms with Crippen molar-refractivity contribution in [2.45, 2.75) is 25.7 Å². The van der Waals surface area contributed by atoms with Crippen molar-refractivity contribution in [3.63, 3.8) is 0 Å². The highest BCUT2D eigenvalue weighted by atomic mass is 79.9. The van der Waals surface area contributed by atoms with E-state index in [4.69, 9.17) is 5.73 Å². The lowest BCUT2D eigenvalue weighted by atomic mass is 9.76. The zero-order chi connectivity index (χ0) is 11.5. The molecular weight excluding hydrogens is 286 g/mol. The van der Waals surface area contributed by atoms with Gasteiger partial charge in [0.25, 0.3) is 0 Å². The maximum atomic E-state index is 12.4. The van der Waals surface area contributed by atoms with Crippen LogP contribution in [0, 0.1) is 11.8 Å². The van der Waals surface area contributed by atoms with Crippen molar-refractivity contribution < 1.29 is 4.79 Å². The summed E-state index contributed by atoms with van der Waals surface area (Å²) in [6.07, 6.45) is 4.49. The zero-order valence-corrected chi connectivity index (χ0v) is 11.5. The lowest BCUT2D eigenvalue weighted by Crippen LogP contribution is -2.32. The summed E-state index contributed by atoms with van der Waals surface area (Å²) >= 11 is 5.00. The number of ketones is 1. The Kier molecular flexibility index (Phi) is 4.16. The van der Waals surface area contributed by atoms with Gasteiger partial charge in [0, 0.05) is 26.7 Å². The molecule has 0 aromatic carbocycles. The van der Waals surface area contributed by atoms with Crippen molar-refractivity contribution in [1.29, 1.82) is 0 Å². The Balaban J connectivity index is 2.17. The molecule has 0 aliphatic heterocycles. The van der Waals surface area contributed by atoms with E-state index >= 15 is 0 Å². The third-order valence-corrected chi connectivity index (χ3v) is 5.13. The number of nitrogens with two attached hydrogens (primary N) is 1. The van der Waals surface area contributed by atoms with Crippen LogP contribution in [0.2, 0.25) is 0 Å². The van der Waals surface area contributed by atoms with E-state index in [1.165, 1.54) is 6.42 Å². The fourth-order valence-electron chi connectivity index (χ4n) is 2.49. The van der Waals surface area contributed by atoms with Gasteiger partial charge < -0.3 is 5.73 Å². The van der Waals surface area contributed by atoms with E-state index in [1.54, 1.807) is 11.3 Å². The minimum absolute atomic E-state index is 0.143. The molecule has 0 bridgehead atoms. The number of thiophene rings is 1. The molecule has 1 saturated carbocycles. The molecule has 1 heterocycles. The number of hydrogen-bond donors (Lipinski definition) is 1. The smallest absolute Gasteiger partial charge is 0.168 e. The van der Waals surface area contributed by atoms with Gasteiger partial charge in [0.05, 0.1) is 0 Å². The van der Waals surface area contributed by atoms with Gasteiger partial charge in [-0.2, -0.15) is 11.3 Å². The summed E-state index contributed by atoms with van der Waals surface area (Å²) in [6.45, 7) is 0.637. The molecule has 16 heavy (non-hydrogen) atoms. The monoisotopic (exact) mass is 301 g/mol. The van der Waals surface area contributed by atoms with Gasteiger partial charge in [-0.3, -0.25) is 4.79 Å². The van der Waals surface area contributed by atoms with Crippen molar-refractivity contribution >= 4 is 33.0 Å². The minimum Gasteiger partial charge on any atom is -0.330 e. The molecule has 1 aromatic heterocycles. The van der Waals surface area contributed by atoms with Crippen molar-refractivity contribution in [2.75, 3.05) is 6.54 Å². The molecule has 4 heteroatoms. The molecular formula is C12H16BrNOS. The number of rotatable bonds is 3. The highest BCUT2D eigenvalue weighted by Crippen LogP contribution is 2.34. The van der Waals surface area contributed by atoms with Crippen molar-refractivity contribution in [3.8, 4) is 0 Å². The Morgan fingerprint density at radius 2 is 2.19 bits per heavy atom. The van der Waals surface area contributed by atoms with Crippen LogP contribution in [-0.2, 0) is 0 Å². The van der Waals surface area contributed by atoms with Gasteiger partial charge in [-0.05, 0) is 41.2 Å². The van der Waals surface area contributed by atoms with Crippen LogP contribution in [0.3, 0.4) is 0 Å². The van der Waals surface area contributed by atoms with Gasteiger partial charge in [0.15, 0.2) is 5.78 Å². The Hall–Kier alpha value is -0.190. The lowest BCUT2D eigenvalue weighted by Gasteiger charge is -2.29. The Morgan fingerprint density at radius 1 is 1.44 bits per heavy atom. The van der Waals surface area contributed by atoms with Crippen LogP contribution in [0.5, 0.6) is 0 Å². The quantitative estimate of drug-likeness (QED) is 0.869. The third-order valence-electron chi connectivity index (χ3n) is 3.43. The first-order valence-corrected chi connectivity index (χ1v) is 7.43. The molecule has 0 radical (unpaired) electrons. The van der Waals surface area contributed by atoms with Crippen LogP contribution in [0.1, 0.15) is 36.0 Å². The summed E-state index contributed by atoms with van der Waals surface area (Å²) in [4.78, 5) is 12.4.